The van der Waals surface area contributed by atoms with Gasteiger partial charge in [-0.25, -0.2) is 4.79 Å². The van der Waals surface area contributed by atoms with Gasteiger partial charge in [0.05, 0.1) is 6.61 Å². The minimum absolute atomic E-state index is 0.0174. The Labute approximate surface area is 102 Å². The first-order valence-corrected chi connectivity index (χ1v) is 5.83. The molecule has 0 aliphatic carbocycles. The monoisotopic (exact) mass is 246 g/mol. The zero-order chi connectivity index (χ0) is 13.3. The van der Waals surface area contributed by atoms with E-state index in [2.05, 4.69) is 5.32 Å². The number of hydrogen-bond donors (Lipinski definition) is 2. The number of carbonyl (C=O) groups is 2. The molecule has 100 valence electrons. The van der Waals surface area contributed by atoms with Crippen LogP contribution in [0.2, 0.25) is 0 Å². The first-order chi connectivity index (χ1) is 8.02. The van der Waals surface area contributed by atoms with Gasteiger partial charge in [-0.2, -0.15) is 0 Å². The third-order valence-electron chi connectivity index (χ3n) is 2.13. The minimum atomic E-state index is -0.452. The molecule has 2 amide bonds. The second-order valence-electron chi connectivity index (χ2n) is 3.83. The van der Waals surface area contributed by atoms with Gasteiger partial charge in [0.25, 0.3) is 0 Å². The molecule has 0 aliphatic heterocycles. The summed E-state index contributed by atoms with van der Waals surface area (Å²) in [6.07, 6.45) is 0.519. The fraction of sp³-hybridized carbons (Fsp3) is 0.818. The van der Waals surface area contributed by atoms with Gasteiger partial charge in [0.15, 0.2) is 0 Å². The molecule has 2 N–H and O–H groups in total. The molecule has 0 rings (SSSR count). The van der Waals surface area contributed by atoms with Crippen molar-refractivity contribution in [2.75, 3.05) is 26.3 Å². The van der Waals surface area contributed by atoms with E-state index in [1.165, 1.54) is 0 Å². The first-order valence-electron chi connectivity index (χ1n) is 5.83. The third-order valence-corrected chi connectivity index (χ3v) is 2.13. The van der Waals surface area contributed by atoms with Gasteiger partial charge < -0.3 is 20.1 Å². The number of amides is 2. The minimum Gasteiger partial charge on any atom is -0.465 e. The molecule has 0 bridgehead atoms. The van der Waals surface area contributed by atoms with Gasteiger partial charge >= 0.3 is 12.0 Å². The quantitative estimate of drug-likeness (QED) is 0.635. The second kappa shape index (κ2) is 8.81. The van der Waals surface area contributed by atoms with Crippen molar-refractivity contribution in [1.29, 1.82) is 0 Å². The van der Waals surface area contributed by atoms with Crippen LogP contribution < -0.4 is 5.32 Å². The van der Waals surface area contributed by atoms with E-state index >= 15 is 0 Å². The van der Waals surface area contributed by atoms with E-state index < -0.39 is 5.97 Å². The maximum atomic E-state index is 11.7. The normalized spacial score (nSPS) is 10.2. The molecular formula is C11H22N2O4. The van der Waals surface area contributed by atoms with Gasteiger partial charge in [0.2, 0.25) is 0 Å². The molecule has 0 aromatic rings. The zero-order valence-electron chi connectivity index (χ0n) is 10.7. The summed E-state index contributed by atoms with van der Waals surface area (Å²) in [5.41, 5.74) is 0. The standard InChI is InChI=1S/C11H22N2O4/c1-4-17-10(15)8-12-11(16)13(9(2)3)6-5-7-14/h9,14H,4-8H2,1-3H3,(H,12,16). The molecule has 0 saturated heterocycles. The Bertz CT molecular complexity index is 244. The average Bonchev–Trinajstić information content (AvgIpc) is 2.27. The summed E-state index contributed by atoms with van der Waals surface area (Å²) in [5.74, 6) is -0.452. The highest BCUT2D eigenvalue weighted by Crippen LogP contribution is 2.00. The predicted molar refractivity (Wildman–Crippen MR) is 63.6 cm³/mol. The molecule has 0 radical (unpaired) electrons. The topological polar surface area (TPSA) is 78.9 Å². The molecule has 0 aromatic carbocycles. The Kier molecular flexibility index (Phi) is 8.13. The van der Waals surface area contributed by atoms with Crippen molar-refractivity contribution < 1.29 is 19.4 Å². The molecule has 0 saturated carbocycles. The number of rotatable bonds is 7. The van der Waals surface area contributed by atoms with Crippen molar-refractivity contribution in [2.24, 2.45) is 0 Å². The molecule has 17 heavy (non-hydrogen) atoms. The van der Waals surface area contributed by atoms with Crippen LogP contribution >= 0.6 is 0 Å². The summed E-state index contributed by atoms with van der Waals surface area (Å²) in [7, 11) is 0. The van der Waals surface area contributed by atoms with Crippen LogP contribution in [0.5, 0.6) is 0 Å². The summed E-state index contributed by atoms with van der Waals surface area (Å²) >= 11 is 0. The van der Waals surface area contributed by atoms with Crippen molar-refractivity contribution in [3.8, 4) is 0 Å². The molecule has 0 fully saturated rings. The van der Waals surface area contributed by atoms with E-state index in [0.717, 1.165) is 0 Å². The Morgan fingerprint density at radius 3 is 2.53 bits per heavy atom. The number of aliphatic hydroxyl groups is 1. The zero-order valence-corrected chi connectivity index (χ0v) is 10.7. The smallest absolute Gasteiger partial charge is 0.325 e. The lowest BCUT2D eigenvalue weighted by Gasteiger charge is -2.26. The molecule has 0 aromatic heterocycles. The van der Waals surface area contributed by atoms with Crippen molar-refractivity contribution in [3.05, 3.63) is 0 Å². The number of esters is 1. The molecule has 6 nitrogen and oxygen atoms in total. The van der Waals surface area contributed by atoms with Crippen molar-refractivity contribution in [1.82, 2.24) is 10.2 Å². The van der Waals surface area contributed by atoms with E-state index in [-0.39, 0.29) is 25.2 Å². The molecule has 0 atom stereocenters. The number of nitrogens with one attached hydrogen (secondary N) is 1. The predicted octanol–water partition coefficient (Wildman–Crippen LogP) is 0.352. The molecule has 0 aliphatic rings. The fourth-order valence-corrected chi connectivity index (χ4v) is 1.30. The molecule has 0 heterocycles. The fourth-order valence-electron chi connectivity index (χ4n) is 1.30. The van der Waals surface area contributed by atoms with Crippen LogP contribution in [0.25, 0.3) is 0 Å². The van der Waals surface area contributed by atoms with Crippen molar-refractivity contribution >= 4 is 12.0 Å². The van der Waals surface area contributed by atoms with Crippen LogP contribution in [0.4, 0.5) is 4.79 Å². The van der Waals surface area contributed by atoms with Crippen LogP contribution in [-0.4, -0.2) is 54.4 Å². The van der Waals surface area contributed by atoms with Gasteiger partial charge in [-0.15, -0.1) is 0 Å². The number of ether oxygens (including phenoxy) is 1. The van der Waals surface area contributed by atoms with E-state index in [9.17, 15) is 9.59 Å². The Hall–Kier alpha value is -1.30. The summed E-state index contributed by atoms with van der Waals surface area (Å²) in [6.45, 7) is 6.13. The number of aliphatic hydroxyl groups excluding tert-OH is 1. The lowest BCUT2D eigenvalue weighted by atomic mass is 10.3. The number of urea groups is 1. The highest BCUT2D eigenvalue weighted by atomic mass is 16.5. The lowest BCUT2D eigenvalue weighted by Crippen LogP contribution is -2.46. The van der Waals surface area contributed by atoms with Crippen LogP contribution in [0, 0.1) is 0 Å². The first kappa shape index (κ1) is 15.7. The van der Waals surface area contributed by atoms with Crippen LogP contribution in [-0.2, 0) is 9.53 Å². The van der Waals surface area contributed by atoms with Crippen LogP contribution in [0.1, 0.15) is 27.2 Å². The largest absolute Gasteiger partial charge is 0.465 e. The lowest BCUT2D eigenvalue weighted by molar-refractivity contribution is -0.141. The van der Waals surface area contributed by atoms with Gasteiger partial charge in [0.1, 0.15) is 6.54 Å². The van der Waals surface area contributed by atoms with E-state index in [1.54, 1.807) is 11.8 Å². The number of carbonyl (C=O) groups excluding carboxylic acids is 2. The maximum Gasteiger partial charge on any atom is 0.325 e. The van der Waals surface area contributed by atoms with E-state index in [1.807, 2.05) is 13.8 Å². The van der Waals surface area contributed by atoms with Crippen LogP contribution in [0.15, 0.2) is 0 Å². The highest BCUT2D eigenvalue weighted by molar-refractivity contribution is 5.80. The SMILES string of the molecule is CCOC(=O)CNC(=O)N(CCCO)C(C)C. The summed E-state index contributed by atoms with van der Waals surface area (Å²) < 4.78 is 4.70. The van der Waals surface area contributed by atoms with E-state index in [4.69, 9.17) is 9.84 Å². The summed E-state index contributed by atoms with van der Waals surface area (Å²) in [4.78, 5) is 24.3. The number of hydrogen-bond acceptors (Lipinski definition) is 4. The Morgan fingerprint density at radius 2 is 2.06 bits per heavy atom. The molecular weight excluding hydrogens is 224 g/mol. The molecule has 0 spiro atoms. The van der Waals surface area contributed by atoms with Crippen molar-refractivity contribution in [3.63, 3.8) is 0 Å². The maximum absolute atomic E-state index is 11.7. The van der Waals surface area contributed by atoms with Crippen LogP contribution in [0.3, 0.4) is 0 Å². The van der Waals surface area contributed by atoms with Gasteiger partial charge in [-0.3, -0.25) is 4.79 Å². The van der Waals surface area contributed by atoms with Crippen molar-refractivity contribution in [2.45, 2.75) is 33.2 Å². The van der Waals surface area contributed by atoms with Gasteiger partial charge in [-0.05, 0) is 27.2 Å². The summed E-state index contributed by atoms with van der Waals surface area (Å²) in [6, 6.07) is -0.301. The number of nitrogens with zero attached hydrogens (tertiary/aromatic N) is 1. The molecule has 0 unspecified atom stereocenters. The second-order valence-corrected chi connectivity index (χ2v) is 3.83. The van der Waals surface area contributed by atoms with Gasteiger partial charge in [-0.1, -0.05) is 0 Å². The average molecular weight is 246 g/mol. The van der Waals surface area contributed by atoms with Gasteiger partial charge in [0, 0.05) is 19.2 Å². The molecule has 6 heteroatoms. The summed E-state index contributed by atoms with van der Waals surface area (Å²) in [5, 5.41) is 11.2. The Morgan fingerprint density at radius 1 is 1.41 bits per heavy atom. The van der Waals surface area contributed by atoms with E-state index in [0.29, 0.717) is 19.6 Å². The highest BCUT2D eigenvalue weighted by Gasteiger charge is 2.16. The third kappa shape index (κ3) is 6.78. The Balaban J connectivity index is 4.09.